The van der Waals surface area contributed by atoms with Gasteiger partial charge in [0.25, 0.3) is 0 Å². The van der Waals surface area contributed by atoms with Crippen LogP contribution < -0.4 is 5.32 Å². The fourth-order valence-electron chi connectivity index (χ4n) is 4.36. The van der Waals surface area contributed by atoms with E-state index in [-0.39, 0.29) is 29.3 Å². The maximum absolute atomic E-state index is 13.2. The first-order valence-corrected chi connectivity index (χ1v) is 11.5. The van der Waals surface area contributed by atoms with Crippen LogP contribution in [0.3, 0.4) is 0 Å². The van der Waals surface area contributed by atoms with Gasteiger partial charge in [-0.05, 0) is 49.6 Å². The molecule has 0 spiro atoms. The second-order valence-electron chi connectivity index (χ2n) is 8.04. The lowest BCUT2D eigenvalue weighted by atomic mass is 10.1. The van der Waals surface area contributed by atoms with Gasteiger partial charge in [-0.15, -0.1) is 0 Å². The SMILES string of the molecule is CC1CN(S(=O)(=O)c2ccc3c(c2)CC(=O)N3)CC(C)N1CCc1ccccc1. The molecule has 1 amide bonds. The molecule has 4 rings (SSSR count). The number of carbonyl (C=O) groups is 1. The Kier molecular flexibility index (Phi) is 5.46. The zero-order valence-corrected chi connectivity index (χ0v) is 17.7. The summed E-state index contributed by atoms with van der Waals surface area (Å²) in [5.41, 5.74) is 2.75. The summed E-state index contributed by atoms with van der Waals surface area (Å²) >= 11 is 0. The zero-order chi connectivity index (χ0) is 20.6. The number of fused-ring (bicyclic) bond motifs is 1. The highest BCUT2D eigenvalue weighted by molar-refractivity contribution is 7.89. The van der Waals surface area contributed by atoms with E-state index in [9.17, 15) is 13.2 Å². The van der Waals surface area contributed by atoms with Gasteiger partial charge in [0.05, 0.1) is 11.3 Å². The molecule has 0 aliphatic carbocycles. The molecule has 154 valence electrons. The predicted octanol–water partition coefficient (Wildman–Crippen LogP) is 2.51. The molecule has 2 aromatic rings. The Morgan fingerprint density at radius 2 is 1.72 bits per heavy atom. The first-order chi connectivity index (χ1) is 13.8. The van der Waals surface area contributed by atoms with Crippen LogP contribution in [0.25, 0.3) is 0 Å². The quantitative estimate of drug-likeness (QED) is 0.818. The number of hydrogen-bond donors (Lipinski definition) is 1. The third-order valence-corrected chi connectivity index (χ3v) is 7.74. The van der Waals surface area contributed by atoms with Crippen molar-refractivity contribution in [3.8, 4) is 0 Å². The zero-order valence-electron chi connectivity index (χ0n) is 16.8. The van der Waals surface area contributed by atoms with Gasteiger partial charge in [-0.1, -0.05) is 30.3 Å². The van der Waals surface area contributed by atoms with Crippen LogP contribution in [0, 0.1) is 0 Å². The van der Waals surface area contributed by atoms with Crippen molar-refractivity contribution in [2.45, 2.75) is 43.7 Å². The predicted molar refractivity (Wildman–Crippen MR) is 113 cm³/mol. The van der Waals surface area contributed by atoms with Crippen LogP contribution in [0.1, 0.15) is 25.0 Å². The minimum absolute atomic E-state index is 0.0937. The number of piperazine rings is 1. The van der Waals surface area contributed by atoms with E-state index < -0.39 is 10.0 Å². The summed E-state index contributed by atoms with van der Waals surface area (Å²) in [7, 11) is -3.59. The Labute approximate surface area is 172 Å². The Bertz CT molecular complexity index is 995. The summed E-state index contributed by atoms with van der Waals surface area (Å²) in [6.45, 7) is 6.03. The van der Waals surface area contributed by atoms with Crippen LogP contribution in [0.2, 0.25) is 0 Å². The molecule has 2 aliphatic heterocycles. The number of nitrogens with zero attached hydrogens (tertiary/aromatic N) is 2. The minimum Gasteiger partial charge on any atom is -0.326 e. The van der Waals surface area contributed by atoms with Crippen molar-refractivity contribution in [2.75, 3.05) is 25.0 Å². The highest BCUT2D eigenvalue weighted by Crippen LogP contribution is 2.29. The number of sulfonamides is 1. The summed E-state index contributed by atoms with van der Waals surface area (Å²) in [4.78, 5) is 14.2. The summed E-state index contributed by atoms with van der Waals surface area (Å²) in [6.07, 6.45) is 1.19. The number of carbonyl (C=O) groups excluding carboxylic acids is 1. The van der Waals surface area contributed by atoms with Crippen molar-refractivity contribution in [1.29, 1.82) is 0 Å². The Morgan fingerprint density at radius 3 is 2.41 bits per heavy atom. The van der Waals surface area contributed by atoms with Gasteiger partial charge < -0.3 is 5.32 Å². The normalized spacial score (nSPS) is 23.0. The van der Waals surface area contributed by atoms with E-state index in [1.54, 1.807) is 22.5 Å². The second-order valence-corrected chi connectivity index (χ2v) is 9.98. The molecule has 1 N–H and O–H groups in total. The largest absolute Gasteiger partial charge is 0.326 e. The topological polar surface area (TPSA) is 69.7 Å². The van der Waals surface area contributed by atoms with Crippen LogP contribution in [0.4, 0.5) is 5.69 Å². The van der Waals surface area contributed by atoms with Crippen molar-refractivity contribution < 1.29 is 13.2 Å². The van der Waals surface area contributed by atoms with Crippen molar-refractivity contribution in [3.63, 3.8) is 0 Å². The van der Waals surface area contributed by atoms with E-state index in [0.29, 0.717) is 18.8 Å². The number of hydrogen-bond acceptors (Lipinski definition) is 4. The Hall–Kier alpha value is -2.22. The van der Waals surface area contributed by atoms with Gasteiger partial charge >= 0.3 is 0 Å². The molecule has 0 radical (unpaired) electrons. The summed E-state index contributed by atoms with van der Waals surface area (Å²) in [5, 5.41) is 2.75. The van der Waals surface area contributed by atoms with Crippen molar-refractivity contribution in [2.24, 2.45) is 0 Å². The van der Waals surface area contributed by atoms with Crippen molar-refractivity contribution in [1.82, 2.24) is 9.21 Å². The van der Waals surface area contributed by atoms with E-state index in [2.05, 4.69) is 36.2 Å². The fourth-order valence-corrected chi connectivity index (χ4v) is 6.02. The summed E-state index contributed by atoms with van der Waals surface area (Å²) < 4.78 is 28.1. The average molecular weight is 414 g/mol. The number of rotatable bonds is 5. The van der Waals surface area contributed by atoms with Crippen molar-refractivity contribution >= 4 is 21.6 Å². The van der Waals surface area contributed by atoms with Gasteiger partial charge in [0.1, 0.15) is 0 Å². The fraction of sp³-hybridized carbons (Fsp3) is 0.409. The smallest absolute Gasteiger partial charge is 0.243 e. The molecule has 2 aliphatic rings. The van der Waals surface area contributed by atoms with Gasteiger partial charge in [-0.25, -0.2) is 8.42 Å². The summed E-state index contributed by atoms with van der Waals surface area (Å²) in [6, 6.07) is 15.6. The molecular weight excluding hydrogens is 386 g/mol. The van der Waals surface area contributed by atoms with E-state index in [4.69, 9.17) is 0 Å². The molecule has 29 heavy (non-hydrogen) atoms. The highest BCUT2D eigenvalue weighted by Gasteiger charge is 2.36. The lowest BCUT2D eigenvalue weighted by Crippen LogP contribution is -2.58. The van der Waals surface area contributed by atoms with E-state index in [1.165, 1.54) is 5.56 Å². The standard InChI is InChI=1S/C22H27N3O3S/c1-16-14-24(15-17(2)25(16)11-10-18-6-4-3-5-7-18)29(27,28)20-8-9-21-19(12-20)13-22(26)23-21/h3-9,12,16-17H,10-11,13-15H2,1-2H3,(H,23,26). The Balaban J connectivity index is 1.46. The molecule has 6 nitrogen and oxygen atoms in total. The number of benzene rings is 2. The van der Waals surface area contributed by atoms with E-state index >= 15 is 0 Å². The molecule has 1 fully saturated rings. The lowest BCUT2D eigenvalue weighted by molar-refractivity contribution is -0.115. The van der Waals surface area contributed by atoms with Gasteiger partial charge in [-0.3, -0.25) is 9.69 Å². The first kappa shape index (κ1) is 20.1. The van der Waals surface area contributed by atoms with Crippen molar-refractivity contribution in [3.05, 3.63) is 59.7 Å². The monoisotopic (exact) mass is 413 g/mol. The molecule has 0 saturated carbocycles. The average Bonchev–Trinajstić information content (AvgIpc) is 3.07. The molecular formula is C22H27N3O3S. The molecule has 1 saturated heterocycles. The van der Waals surface area contributed by atoms with Gasteiger partial charge in [0.15, 0.2) is 0 Å². The number of nitrogens with one attached hydrogen (secondary N) is 1. The lowest BCUT2D eigenvalue weighted by Gasteiger charge is -2.43. The molecule has 7 heteroatoms. The molecule has 2 heterocycles. The van der Waals surface area contributed by atoms with E-state index in [0.717, 1.165) is 18.5 Å². The molecule has 2 unspecified atom stereocenters. The van der Waals surface area contributed by atoms with Crippen LogP contribution in [-0.2, 0) is 27.7 Å². The molecule has 0 aromatic heterocycles. The minimum atomic E-state index is -3.59. The summed E-state index contributed by atoms with van der Waals surface area (Å²) in [5.74, 6) is -0.0937. The molecule has 2 aromatic carbocycles. The third kappa shape index (κ3) is 4.08. The number of anilines is 1. The maximum atomic E-state index is 13.2. The van der Waals surface area contributed by atoms with Gasteiger partial charge in [0.2, 0.25) is 15.9 Å². The number of amides is 1. The first-order valence-electron chi connectivity index (χ1n) is 10.1. The molecule has 2 atom stereocenters. The Morgan fingerprint density at radius 1 is 1.03 bits per heavy atom. The highest BCUT2D eigenvalue weighted by atomic mass is 32.2. The maximum Gasteiger partial charge on any atom is 0.243 e. The van der Waals surface area contributed by atoms with Crippen LogP contribution >= 0.6 is 0 Å². The molecule has 0 bridgehead atoms. The van der Waals surface area contributed by atoms with Crippen LogP contribution in [0.5, 0.6) is 0 Å². The van der Waals surface area contributed by atoms with Gasteiger partial charge in [0, 0.05) is 37.4 Å². The van der Waals surface area contributed by atoms with E-state index in [1.807, 2.05) is 18.2 Å². The second kappa shape index (κ2) is 7.89. The van der Waals surface area contributed by atoms with Gasteiger partial charge in [-0.2, -0.15) is 4.31 Å². The van der Waals surface area contributed by atoms with Crippen LogP contribution in [0.15, 0.2) is 53.4 Å². The van der Waals surface area contributed by atoms with Crippen LogP contribution in [-0.4, -0.2) is 55.2 Å². The third-order valence-electron chi connectivity index (χ3n) is 5.91.